The van der Waals surface area contributed by atoms with Gasteiger partial charge in [0.1, 0.15) is 5.76 Å². The number of thiophene rings is 1. The summed E-state index contributed by atoms with van der Waals surface area (Å²) in [6.45, 7) is 0. The van der Waals surface area contributed by atoms with Crippen LogP contribution < -0.4 is 10.9 Å². The zero-order chi connectivity index (χ0) is 16.2. The molecule has 0 aliphatic heterocycles. The monoisotopic (exact) mass is 390 g/mol. The van der Waals surface area contributed by atoms with E-state index in [-0.39, 0.29) is 11.7 Å². The third kappa shape index (κ3) is 3.69. The molecule has 0 saturated carbocycles. The Morgan fingerprint density at radius 2 is 1.70 bits per heavy atom. The zero-order valence-electron chi connectivity index (χ0n) is 11.7. The minimum Gasteiger partial charge on any atom is -0.451 e. The van der Waals surface area contributed by atoms with Crippen molar-refractivity contribution in [1.82, 2.24) is 10.9 Å². The number of benzene rings is 1. The van der Waals surface area contributed by atoms with Crippen molar-refractivity contribution in [2.45, 2.75) is 0 Å². The first-order valence-electron chi connectivity index (χ1n) is 6.63. The molecule has 116 valence electrons. The van der Waals surface area contributed by atoms with Crippen LogP contribution in [0.3, 0.4) is 0 Å². The Hall–Kier alpha value is -2.38. The number of hydrogen-bond acceptors (Lipinski definition) is 4. The van der Waals surface area contributed by atoms with Crippen LogP contribution >= 0.6 is 27.3 Å². The number of rotatable bonds is 3. The second kappa shape index (κ2) is 6.80. The molecule has 0 fully saturated rings. The van der Waals surface area contributed by atoms with Gasteiger partial charge in [-0.3, -0.25) is 20.4 Å². The van der Waals surface area contributed by atoms with Crippen LogP contribution in [0.25, 0.3) is 11.3 Å². The lowest BCUT2D eigenvalue weighted by molar-refractivity contribution is 0.0833. The molecular weight excluding hydrogens is 380 g/mol. The highest BCUT2D eigenvalue weighted by Gasteiger charge is 2.14. The molecule has 3 aromatic rings. The van der Waals surface area contributed by atoms with Crippen LogP contribution in [0.15, 0.2) is 62.8 Å². The van der Waals surface area contributed by atoms with E-state index in [1.54, 1.807) is 29.6 Å². The molecule has 2 N–H and O–H groups in total. The average Bonchev–Trinajstić information content (AvgIpc) is 3.24. The Labute approximate surface area is 144 Å². The number of hydrogen-bond donors (Lipinski definition) is 2. The first-order valence-corrected chi connectivity index (χ1v) is 8.31. The van der Waals surface area contributed by atoms with Crippen molar-refractivity contribution in [1.29, 1.82) is 0 Å². The Kier molecular flexibility index (Phi) is 4.59. The highest BCUT2D eigenvalue weighted by atomic mass is 79.9. The molecular formula is C16H11BrN2O3S. The second-order valence-electron chi connectivity index (χ2n) is 4.56. The van der Waals surface area contributed by atoms with E-state index in [1.807, 2.05) is 24.3 Å². The Bertz CT molecular complexity index is 825. The minimum absolute atomic E-state index is 0.120. The summed E-state index contributed by atoms with van der Waals surface area (Å²) in [4.78, 5) is 24.3. The molecule has 0 spiro atoms. The van der Waals surface area contributed by atoms with E-state index in [4.69, 9.17) is 4.42 Å². The molecule has 23 heavy (non-hydrogen) atoms. The van der Waals surface area contributed by atoms with Crippen molar-refractivity contribution in [3.8, 4) is 11.3 Å². The maximum Gasteiger partial charge on any atom is 0.305 e. The molecule has 1 aromatic carbocycles. The Balaban J connectivity index is 1.64. The number of carbonyl (C=O) groups excluding carboxylic acids is 2. The van der Waals surface area contributed by atoms with Crippen LogP contribution in [0, 0.1) is 0 Å². The SMILES string of the molecule is O=C(NNC(=O)c1cccs1)c1ccc(-c2ccc(Br)cc2)o1. The molecule has 0 radical (unpaired) electrons. The quantitative estimate of drug-likeness (QED) is 0.667. The summed E-state index contributed by atoms with van der Waals surface area (Å²) in [5, 5.41) is 1.79. The van der Waals surface area contributed by atoms with E-state index in [2.05, 4.69) is 26.8 Å². The summed E-state index contributed by atoms with van der Waals surface area (Å²) < 4.78 is 6.48. The molecule has 2 heterocycles. The smallest absolute Gasteiger partial charge is 0.305 e. The van der Waals surface area contributed by atoms with Gasteiger partial charge in [-0.05, 0) is 35.7 Å². The van der Waals surface area contributed by atoms with Gasteiger partial charge in [-0.2, -0.15) is 0 Å². The van der Waals surface area contributed by atoms with E-state index >= 15 is 0 Å². The van der Waals surface area contributed by atoms with Crippen molar-refractivity contribution in [3.63, 3.8) is 0 Å². The molecule has 5 nitrogen and oxygen atoms in total. The predicted molar refractivity (Wildman–Crippen MR) is 91.1 cm³/mol. The van der Waals surface area contributed by atoms with Gasteiger partial charge in [0.2, 0.25) is 0 Å². The maximum atomic E-state index is 12.0. The lowest BCUT2D eigenvalue weighted by Crippen LogP contribution is -2.41. The summed E-state index contributed by atoms with van der Waals surface area (Å²) in [5.74, 6) is -0.187. The van der Waals surface area contributed by atoms with Crippen molar-refractivity contribution < 1.29 is 14.0 Å². The van der Waals surface area contributed by atoms with Crippen LogP contribution in [0.1, 0.15) is 20.2 Å². The largest absolute Gasteiger partial charge is 0.451 e. The van der Waals surface area contributed by atoms with Crippen molar-refractivity contribution in [2.75, 3.05) is 0 Å². The van der Waals surface area contributed by atoms with Gasteiger partial charge < -0.3 is 4.42 Å². The fourth-order valence-electron chi connectivity index (χ4n) is 1.87. The summed E-state index contributed by atoms with van der Waals surface area (Å²) in [6, 6.07) is 14.2. The molecule has 7 heteroatoms. The molecule has 2 amide bonds. The lowest BCUT2D eigenvalue weighted by Gasteiger charge is -2.04. The van der Waals surface area contributed by atoms with E-state index in [0.29, 0.717) is 10.6 Å². The topological polar surface area (TPSA) is 71.3 Å². The van der Waals surface area contributed by atoms with Gasteiger partial charge >= 0.3 is 5.91 Å². The second-order valence-corrected chi connectivity index (χ2v) is 6.42. The average molecular weight is 391 g/mol. The lowest BCUT2D eigenvalue weighted by atomic mass is 10.2. The molecule has 3 rings (SSSR count). The highest BCUT2D eigenvalue weighted by Crippen LogP contribution is 2.23. The van der Waals surface area contributed by atoms with E-state index in [0.717, 1.165) is 10.0 Å². The summed E-state index contributed by atoms with van der Waals surface area (Å²) in [6.07, 6.45) is 0. The number of nitrogens with one attached hydrogen (secondary N) is 2. The molecule has 0 atom stereocenters. The van der Waals surface area contributed by atoms with Crippen molar-refractivity contribution in [3.05, 3.63) is 69.0 Å². The van der Waals surface area contributed by atoms with Crippen LogP contribution in [-0.2, 0) is 0 Å². The van der Waals surface area contributed by atoms with E-state index in [1.165, 1.54) is 11.3 Å². The van der Waals surface area contributed by atoms with Crippen LogP contribution in [0.5, 0.6) is 0 Å². The fraction of sp³-hybridized carbons (Fsp3) is 0. The zero-order valence-corrected chi connectivity index (χ0v) is 14.1. The predicted octanol–water partition coefficient (Wildman–Crippen LogP) is 3.85. The summed E-state index contributed by atoms with van der Waals surface area (Å²) in [5.41, 5.74) is 5.53. The highest BCUT2D eigenvalue weighted by molar-refractivity contribution is 9.10. The Morgan fingerprint density at radius 1 is 0.957 bits per heavy atom. The third-order valence-electron chi connectivity index (χ3n) is 2.99. The van der Waals surface area contributed by atoms with Gasteiger partial charge in [-0.1, -0.05) is 34.1 Å². The number of amides is 2. The number of hydrazine groups is 1. The third-order valence-corrected chi connectivity index (χ3v) is 4.39. The van der Waals surface area contributed by atoms with Gasteiger partial charge in [0.15, 0.2) is 5.76 Å². The molecule has 2 aromatic heterocycles. The van der Waals surface area contributed by atoms with Gasteiger partial charge in [0.25, 0.3) is 5.91 Å². The normalized spacial score (nSPS) is 10.3. The summed E-state index contributed by atoms with van der Waals surface area (Å²) in [7, 11) is 0. The summed E-state index contributed by atoms with van der Waals surface area (Å²) >= 11 is 4.65. The first-order chi connectivity index (χ1) is 11.1. The van der Waals surface area contributed by atoms with E-state index in [9.17, 15) is 9.59 Å². The number of carbonyl (C=O) groups is 2. The molecule has 0 bridgehead atoms. The number of furan rings is 1. The minimum atomic E-state index is -0.515. The van der Waals surface area contributed by atoms with Gasteiger partial charge in [0, 0.05) is 10.0 Å². The van der Waals surface area contributed by atoms with E-state index < -0.39 is 5.91 Å². The van der Waals surface area contributed by atoms with Gasteiger partial charge in [-0.15, -0.1) is 11.3 Å². The maximum absolute atomic E-state index is 12.0. The fourth-order valence-corrected chi connectivity index (χ4v) is 2.76. The molecule has 0 saturated heterocycles. The standard InChI is InChI=1S/C16H11BrN2O3S/c17-11-5-3-10(4-6-11)12-7-8-13(22-12)15(20)18-19-16(21)14-2-1-9-23-14/h1-9H,(H,18,20)(H,19,21). The van der Waals surface area contributed by atoms with Crippen molar-refractivity contribution in [2.24, 2.45) is 0 Å². The van der Waals surface area contributed by atoms with Crippen LogP contribution in [0.2, 0.25) is 0 Å². The van der Waals surface area contributed by atoms with Gasteiger partial charge in [-0.25, -0.2) is 0 Å². The molecule has 0 aliphatic carbocycles. The van der Waals surface area contributed by atoms with Crippen LogP contribution in [0.4, 0.5) is 0 Å². The Morgan fingerprint density at radius 3 is 2.39 bits per heavy atom. The first kappa shape index (κ1) is 15.5. The van der Waals surface area contributed by atoms with Gasteiger partial charge in [0.05, 0.1) is 4.88 Å². The van der Waals surface area contributed by atoms with Crippen molar-refractivity contribution >= 4 is 39.1 Å². The molecule has 0 unspecified atom stereocenters. The molecule has 0 aliphatic rings. The number of halogens is 1. The van der Waals surface area contributed by atoms with Crippen LogP contribution in [-0.4, -0.2) is 11.8 Å².